The van der Waals surface area contributed by atoms with Crippen LogP contribution >= 0.6 is 0 Å². The van der Waals surface area contributed by atoms with Gasteiger partial charge >= 0.3 is 0 Å². The fourth-order valence-electron chi connectivity index (χ4n) is 3.31. The SMILES string of the molecule is N=C(N)n1nc(-c2ccccc2)c(N=Nc2ccc(S(=O)(=O)N=C(N)N)cc2)c1-c1ccccc1. The van der Waals surface area contributed by atoms with Crippen molar-refractivity contribution in [3.8, 4) is 22.5 Å². The van der Waals surface area contributed by atoms with Gasteiger partial charge in [-0.25, -0.2) is 0 Å². The van der Waals surface area contributed by atoms with Gasteiger partial charge in [0.05, 0.1) is 10.6 Å². The number of nitrogens with two attached hydrogens (primary N) is 3. The molecule has 0 unspecified atom stereocenters. The van der Waals surface area contributed by atoms with E-state index in [9.17, 15) is 8.42 Å². The summed E-state index contributed by atoms with van der Waals surface area (Å²) in [5, 5.41) is 21.3. The van der Waals surface area contributed by atoms with Gasteiger partial charge in [0.25, 0.3) is 10.0 Å². The second-order valence-electron chi connectivity index (χ2n) is 7.26. The number of nitrogens with zero attached hydrogens (tertiary/aromatic N) is 5. The quantitative estimate of drug-likeness (QED) is 0.183. The third kappa shape index (κ3) is 5.07. The number of hydrogen-bond donors (Lipinski definition) is 4. The van der Waals surface area contributed by atoms with E-state index in [0.717, 1.165) is 11.1 Å². The number of nitrogen functional groups attached to an aromatic ring is 1. The first-order chi connectivity index (χ1) is 16.8. The third-order valence-electron chi connectivity index (χ3n) is 4.81. The Bertz CT molecular complexity index is 1520. The van der Waals surface area contributed by atoms with Crippen molar-refractivity contribution in [2.75, 3.05) is 0 Å². The molecule has 12 heteroatoms. The first kappa shape index (κ1) is 23.3. The minimum Gasteiger partial charge on any atom is -0.369 e. The molecule has 0 atom stereocenters. The standard InChI is InChI=1S/C23H21N9O2S/c24-22(25)31-35(33,34)18-13-11-17(12-14-18)28-29-20-19(15-7-3-1-4-8-15)30-32(23(26)27)21(20)16-9-5-2-6-10-16/h1-14H,(H3,26,27)(H4,24,25,31). The molecule has 0 aliphatic heterocycles. The van der Waals surface area contributed by atoms with E-state index < -0.39 is 16.0 Å². The van der Waals surface area contributed by atoms with Gasteiger partial charge < -0.3 is 17.2 Å². The Morgan fingerprint density at radius 2 is 1.37 bits per heavy atom. The van der Waals surface area contributed by atoms with Crippen LogP contribution in [0.2, 0.25) is 0 Å². The Kier molecular flexibility index (Phi) is 6.38. The summed E-state index contributed by atoms with van der Waals surface area (Å²) in [4.78, 5) is -0.0933. The molecular formula is C23H21N9O2S. The molecule has 3 aromatic carbocycles. The summed E-state index contributed by atoms with van der Waals surface area (Å²) in [5.41, 5.74) is 19.5. The average molecular weight is 488 g/mol. The summed E-state index contributed by atoms with van der Waals surface area (Å²) in [6, 6.07) is 24.2. The van der Waals surface area contributed by atoms with Crippen LogP contribution in [0.25, 0.3) is 22.5 Å². The van der Waals surface area contributed by atoms with Crippen molar-refractivity contribution in [1.82, 2.24) is 9.78 Å². The number of guanidine groups is 1. The van der Waals surface area contributed by atoms with Crippen LogP contribution in [-0.2, 0) is 10.0 Å². The molecular weight excluding hydrogens is 466 g/mol. The molecule has 0 spiro atoms. The van der Waals surface area contributed by atoms with Crippen LogP contribution in [0.15, 0.2) is 104 Å². The third-order valence-corrected chi connectivity index (χ3v) is 6.13. The van der Waals surface area contributed by atoms with Crippen LogP contribution in [0.3, 0.4) is 0 Å². The molecule has 0 aliphatic carbocycles. The molecule has 35 heavy (non-hydrogen) atoms. The van der Waals surface area contributed by atoms with E-state index >= 15 is 0 Å². The molecule has 0 saturated carbocycles. The minimum atomic E-state index is -4.02. The van der Waals surface area contributed by atoms with Gasteiger partial charge in [-0.1, -0.05) is 60.7 Å². The second-order valence-corrected chi connectivity index (χ2v) is 8.86. The number of rotatable bonds is 6. The number of hydrogen-bond acceptors (Lipinski definition) is 6. The van der Waals surface area contributed by atoms with Crippen molar-refractivity contribution in [2.24, 2.45) is 31.8 Å². The molecule has 0 fully saturated rings. The van der Waals surface area contributed by atoms with Gasteiger partial charge in [0.2, 0.25) is 11.9 Å². The summed E-state index contributed by atoms with van der Waals surface area (Å²) >= 11 is 0. The van der Waals surface area contributed by atoms with Gasteiger partial charge in [0, 0.05) is 11.1 Å². The zero-order valence-corrected chi connectivity index (χ0v) is 19.1. The Balaban J connectivity index is 1.83. The lowest BCUT2D eigenvalue weighted by Gasteiger charge is -2.05. The van der Waals surface area contributed by atoms with Gasteiger partial charge in [0.1, 0.15) is 17.1 Å². The van der Waals surface area contributed by atoms with Crippen LogP contribution in [0.5, 0.6) is 0 Å². The fourth-order valence-corrected chi connectivity index (χ4v) is 4.17. The highest BCUT2D eigenvalue weighted by atomic mass is 32.2. The van der Waals surface area contributed by atoms with Crippen LogP contribution in [0.1, 0.15) is 0 Å². The van der Waals surface area contributed by atoms with Gasteiger partial charge in [-0.15, -0.1) is 9.51 Å². The van der Waals surface area contributed by atoms with Crippen LogP contribution < -0.4 is 17.2 Å². The summed E-state index contributed by atoms with van der Waals surface area (Å²) in [6.45, 7) is 0. The molecule has 1 heterocycles. The summed E-state index contributed by atoms with van der Waals surface area (Å²) in [5.74, 6) is -0.838. The van der Waals surface area contributed by atoms with Crippen molar-refractivity contribution in [3.05, 3.63) is 84.9 Å². The van der Waals surface area contributed by atoms with Crippen molar-refractivity contribution in [1.29, 1.82) is 5.41 Å². The number of azo groups is 1. The Labute approximate surface area is 201 Å². The van der Waals surface area contributed by atoms with E-state index in [1.807, 2.05) is 60.7 Å². The van der Waals surface area contributed by atoms with Gasteiger partial charge in [-0.3, -0.25) is 5.41 Å². The summed E-state index contributed by atoms with van der Waals surface area (Å²) in [7, 11) is -4.02. The number of aromatic nitrogens is 2. The van der Waals surface area contributed by atoms with Gasteiger partial charge in [-0.2, -0.15) is 23.3 Å². The lowest BCUT2D eigenvalue weighted by atomic mass is 10.1. The highest BCUT2D eigenvalue weighted by Gasteiger charge is 2.22. The first-order valence-electron chi connectivity index (χ1n) is 10.2. The molecule has 1 aromatic heterocycles. The molecule has 4 rings (SSSR count). The highest BCUT2D eigenvalue weighted by Crippen LogP contribution is 2.39. The predicted octanol–water partition coefficient (Wildman–Crippen LogP) is 3.34. The van der Waals surface area contributed by atoms with Crippen molar-refractivity contribution in [2.45, 2.75) is 4.90 Å². The van der Waals surface area contributed by atoms with Gasteiger partial charge in [-0.05, 0) is 24.3 Å². The molecule has 0 radical (unpaired) electrons. The zero-order valence-electron chi connectivity index (χ0n) is 18.3. The smallest absolute Gasteiger partial charge is 0.285 e. The lowest BCUT2D eigenvalue weighted by molar-refractivity contribution is 0.598. The second kappa shape index (κ2) is 9.57. The highest BCUT2D eigenvalue weighted by molar-refractivity contribution is 7.90. The average Bonchev–Trinajstić information content (AvgIpc) is 3.23. The zero-order chi connectivity index (χ0) is 25.0. The maximum atomic E-state index is 12.2. The molecule has 0 saturated heterocycles. The minimum absolute atomic E-state index is 0.0933. The topological polar surface area (TPSA) is 191 Å². The molecule has 176 valence electrons. The normalized spacial score (nSPS) is 11.4. The Morgan fingerprint density at radius 3 is 1.91 bits per heavy atom. The maximum Gasteiger partial charge on any atom is 0.285 e. The van der Waals surface area contributed by atoms with Crippen LogP contribution in [0.4, 0.5) is 11.4 Å². The Hall–Kier alpha value is -4.84. The van der Waals surface area contributed by atoms with E-state index in [4.69, 9.17) is 22.6 Å². The van der Waals surface area contributed by atoms with Crippen molar-refractivity contribution >= 4 is 33.3 Å². The molecule has 11 nitrogen and oxygen atoms in total. The molecule has 0 aliphatic rings. The van der Waals surface area contributed by atoms with Crippen LogP contribution in [0, 0.1) is 5.41 Å². The largest absolute Gasteiger partial charge is 0.369 e. The molecule has 0 bridgehead atoms. The monoisotopic (exact) mass is 487 g/mol. The maximum absolute atomic E-state index is 12.2. The van der Waals surface area contributed by atoms with Crippen molar-refractivity contribution < 1.29 is 8.42 Å². The lowest BCUT2D eigenvalue weighted by Crippen LogP contribution is -2.24. The summed E-state index contributed by atoms with van der Waals surface area (Å²) in [6.07, 6.45) is 0. The first-order valence-corrected chi connectivity index (χ1v) is 11.7. The van der Waals surface area contributed by atoms with Crippen LogP contribution in [-0.4, -0.2) is 30.1 Å². The van der Waals surface area contributed by atoms with Crippen molar-refractivity contribution in [3.63, 3.8) is 0 Å². The molecule has 7 N–H and O–H groups in total. The number of sulfonamides is 1. The van der Waals surface area contributed by atoms with E-state index in [-0.39, 0.29) is 10.9 Å². The van der Waals surface area contributed by atoms with E-state index in [2.05, 4.69) is 19.7 Å². The van der Waals surface area contributed by atoms with E-state index in [0.29, 0.717) is 22.8 Å². The Morgan fingerprint density at radius 1 is 0.800 bits per heavy atom. The van der Waals surface area contributed by atoms with Gasteiger partial charge in [0.15, 0.2) is 0 Å². The number of nitrogens with one attached hydrogen (secondary N) is 1. The predicted molar refractivity (Wildman–Crippen MR) is 134 cm³/mol. The fraction of sp³-hybridized carbons (Fsp3) is 0. The van der Waals surface area contributed by atoms with E-state index in [1.165, 1.54) is 28.9 Å². The molecule has 4 aromatic rings. The summed E-state index contributed by atoms with van der Waals surface area (Å²) < 4.78 is 28.9. The van der Waals surface area contributed by atoms with E-state index in [1.54, 1.807) is 0 Å². The number of benzene rings is 3. The molecule has 0 amide bonds.